The van der Waals surface area contributed by atoms with Gasteiger partial charge in [0.25, 0.3) is 0 Å². The number of fused-ring (bicyclic) bond motifs is 5. The van der Waals surface area contributed by atoms with Gasteiger partial charge in [0, 0.05) is 49.7 Å². The van der Waals surface area contributed by atoms with Crippen LogP contribution in [0.5, 0.6) is 0 Å². The third-order valence-corrected chi connectivity index (χ3v) is 15.0. The molecule has 1 aromatic carbocycles. The van der Waals surface area contributed by atoms with E-state index < -0.39 is 47.5 Å². The van der Waals surface area contributed by atoms with Crippen LogP contribution in [0.4, 0.5) is 0 Å². The van der Waals surface area contributed by atoms with E-state index in [0.717, 1.165) is 39.7 Å². The molecule has 5 rings (SSSR count). The molecular weight excluding hydrogens is 813 g/mol. The molecule has 1 aliphatic heterocycles. The Morgan fingerprint density at radius 1 is 1.11 bits per heavy atom. The number of carbonyl (C=O) groups excluding carboxylic acids is 1. The SMILES string of the molecule is C=C(C=CC=C(COCC(O)CO)C1CCC2(C1O)C1C(=C(C)C=O)C(C=CC1CCO)CC2(O)CCNC)C1CC=C(C)C(O)NC(CCCO)(CCOC)Cc2cccc(c2)C1. The predicted octanol–water partition coefficient (Wildman–Crippen LogP) is 4.42. The van der Waals surface area contributed by atoms with Gasteiger partial charge in [-0.1, -0.05) is 78.4 Å². The van der Waals surface area contributed by atoms with Crippen LogP contribution in [0.1, 0.15) is 82.8 Å². The fourth-order valence-corrected chi connectivity index (χ4v) is 11.7. The van der Waals surface area contributed by atoms with Crippen molar-refractivity contribution >= 4 is 6.29 Å². The number of rotatable bonds is 21. The van der Waals surface area contributed by atoms with E-state index >= 15 is 0 Å². The minimum absolute atomic E-state index is 0.0136. The number of aldehydes is 1. The van der Waals surface area contributed by atoms with Crippen molar-refractivity contribution in [2.75, 3.05) is 60.3 Å². The Morgan fingerprint density at radius 2 is 1.89 bits per heavy atom. The Labute approximate surface area is 381 Å². The number of hydrogen-bond donors (Lipinski definition) is 9. The van der Waals surface area contributed by atoms with Crippen LogP contribution in [-0.2, 0) is 27.1 Å². The second-order valence-corrected chi connectivity index (χ2v) is 19.1. The van der Waals surface area contributed by atoms with Crippen molar-refractivity contribution in [1.29, 1.82) is 0 Å². The van der Waals surface area contributed by atoms with Crippen LogP contribution in [0.2, 0.25) is 0 Å². The molecule has 9 N–H and O–H groups in total. The molecule has 64 heavy (non-hydrogen) atoms. The van der Waals surface area contributed by atoms with E-state index in [4.69, 9.17) is 9.47 Å². The van der Waals surface area contributed by atoms with Crippen molar-refractivity contribution in [3.63, 3.8) is 0 Å². The van der Waals surface area contributed by atoms with Crippen molar-refractivity contribution in [2.24, 2.45) is 35.0 Å². The summed E-state index contributed by atoms with van der Waals surface area (Å²) in [6.07, 6.45) is 16.1. The van der Waals surface area contributed by atoms with Crippen LogP contribution < -0.4 is 10.6 Å². The topological polar surface area (TPSA) is 201 Å². The first kappa shape index (κ1) is 51.9. The summed E-state index contributed by atoms with van der Waals surface area (Å²) in [5.74, 6) is -1.20. The van der Waals surface area contributed by atoms with Crippen molar-refractivity contribution < 1.29 is 50.0 Å². The van der Waals surface area contributed by atoms with Crippen molar-refractivity contribution in [3.8, 4) is 0 Å². The quantitative estimate of drug-likeness (QED) is 0.0365. The standard InChI is InChI=1S/C52H78N2O10/c1-35(41-14-13-36(2)49(61)54-50(19-8-24-55,22-26-63-5)29-39-11-7-10-38(27-39)28-41)9-6-12-43(33-64-34-44(59)32-58)45-17-20-52(48(45)60)47-40(18-25-56)15-16-42(46(47)37(3)31-57)30-51(52,62)21-23-53-4/h6-7,9-13,15-16,27,31,40-42,44-45,47-49,53-56,58-62H,1,8,14,17-26,28-30,32-34H2,2-5H3. The van der Waals surface area contributed by atoms with Gasteiger partial charge >= 0.3 is 0 Å². The maximum Gasteiger partial charge on any atom is 0.145 e. The van der Waals surface area contributed by atoms with Crippen LogP contribution in [-0.4, -0.2) is 132 Å². The Hall–Kier alpha value is -3.11. The van der Waals surface area contributed by atoms with Crippen LogP contribution in [0.25, 0.3) is 0 Å². The second kappa shape index (κ2) is 24.1. The molecule has 4 aliphatic rings. The van der Waals surface area contributed by atoms with E-state index in [1.54, 1.807) is 7.11 Å². The summed E-state index contributed by atoms with van der Waals surface area (Å²) in [5, 5.41) is 83.9. The van der Waals surface area contributed by atoms with Gasteiger partial charge in [-0.3, -0.25) is 10.1 Å². The highest BCUT2D eigenvalue weighted by molar-refractivity contribution is 5.74. The highest BCUT2D eigenvalue weighted by Crippen LogP contribution is 2.67. The Bertz CT molecular complexity index is 1850. The fourth-order valence-electron chi connectivity index (χ4n) is 11.7. The summed E-state index contributed by atoms with van der Waals surface area (Å²) in [6, 6.07) is 8.53. The predicted molar refractivity (Wildman–Crippen MR) is 250 cm³/mol. The molecular formula is C52H78N2O10. The van der Waals surface area contributed by atoms with Crippen LogP contribution in [0.15, 0.2) is 95.2 Å². The molecule has 1 heterocycles. The Balaban J connectivity index is 1.50. The molecule has 3 aliphatic carbocycles. The first-order chi connectivity index (χ1) is 30.7. The lowest BCUT2D eigenvalue weighted by molar-refractivity contribution is -0.194. The molecule has 12 nitrogen and oxygen atoms in total. The summed E-state index contributed by atoms with van der Waals surface area (Å²) >= 11 is 0. The molecule has 2 fully saturated rings. The molecule has 11 atom stereocenters. The highest BCUT2D eigenvalue weighted by Gasteiger charge is 2.68. The van der Waals surface area contributed by atoms with E-state index in [1.165, 1.54) is 0 Å². The molecule has 1 aromatic rings. The zero-order valence-corrected chi connectivity index (χ0v) is 38.8. The van der Waals surface area contributed by atoms with Gasteiger partial charge in [-0.05, 0) is 144 Å². The molecule has 0 radical (unpaired) electrons. The molecule has 0 amide bonds. The maximum atomic E-state index is 13.0. The summed E-state index contributed by atoms with van der Waals surface area (Å²) in [5.41, 5.74) is 3.46. The number of allylic oxidation sites excluding steroid dienone is 9. The van der Waals surface area contributed by atoms with Crippen LogP contribution in [0.3, 0.4) is 0 Å². The number of hydrogen-bond acceptors (Lipinski definition) is 12. The number of aliphatic hydroxyl groups is 7. The van der Waals surface area contributed by atoms with Gasteiger partial charge in [0.1, 0.15) is 18.6 Å². The minimum Gasteiger partial charge on any atom is -0.396 e. The summed E-state index contributed by atoms with van der Waals surface area (Å²) in [7, 11) is 3.52. The molecule has 356 valence electrons. The van der Waals surface area contributed by atoms with Crippen molar-refractivity contribution in [3.05, 3.63) is 106 Å². The lowest BCUT2D eigenvalue weighted by Gasteiger charge is -2.61. The number of nitrogens with one attached hydrogen (secondary N) is 2. The largest absolute Gasteiger partial charge is 0.396 e. The first-order valence-electron chi connectivity index (χ1n) is 23.5. The number of aliphatic hydroxyl groups excluding tert-OH is 6. The van der Waals surface area contributed by atoms with E-state index in [9.17, 15) is 40.5 Å². The zero-order chi connectivity index (χ0) is 46.5. The number of carbonyl (C=O) groups is 1. The second-order valence-electron chi connectivity index (χ2n) is 19.1. The van der Waals surface area contributed by atoms with Gasteiger partial charge in [-0.15, -0.1) is 0 Å². The number of ether oxygens (including phenoxy) is 2. The average Bonchev–Trinajstić information content (AvgIpc) is 3.63. The van der Waals surface area contributed by atoms with E-state index in [2.05, 4.69) is 59.7 Å². The molecule has 1 spiro atoms. The summed E-state index contributed by atoms with van der Waals surface area (Å²) < 4.78 is 11.5. The fraction of sp³-hybridized carbons (Fsp3) is 0.635. The van der Waals surface area contributed by atoms with E-state index in [-0.39, 0.29) is 50.1 Å². The Morgan fingerprint density at radius 3 is 2.59 bits per heavy atom. The highest BCUT2D eigenvalue weighted by atomic mass is 16.5. The monoisotopic (exact) mass is 891 g/mol. The first-order valence-corrected chi connectivity index (χ1v) is 23.5. The minimum atomic E-state index is -1.29. The molecule has 4 bridgehead atoms. The van der Waals surface area contributed by atoms with Gasteiger partial charge in [0.05, 0.1) is 31.5 Å². The van der Waals surface area contributed by atoms with Crippen LogP contribution >= 0.6 is 0 Å². The lowest BCUT2D eigenvalue weighted by Crippen LogP contribution is -2.65. The van der Waals surface area contributed by atoms with Gasteiger partial charge < -0.3 is 50.5 Å². The molecule has 11 unspecified atom stereocenters. The third-order valence-electron chi connectivity index (χ3n) is 15.0. The van der Waals surface area contributed by atoms with Gasteiger partial charge in [-0.25, -0.2) is 0 Å². The maximum absolute atomic E-state index is 13.0. The molecule has 0 aromatic heterocycles. The molecule has 2 saturated carbocycles. The molecule has 12 heteroatoms. The van der Waals surface area contributed by atoms with Gasteiger partial charge in [0.15, 0.2) is 0 Å². The summed E-state index contributed by atoms with van der Waals surface area (Å²) in [6.45, 7) is 8.81. The third kappa shape index (κ3) is 11.9. The van der Waals surface area contributed by atoms with Crippen molar-refractivity contribution in [1.82, 2.24) is 10.6 Å². The normalized spacial score (nSPS) is 33.5. The average molecular weight is 891 g/mol. The van der Waals surface area contributed by atoms with Gasteiger partial charge in [0.2, 0.25) is 0 Å². The zero-order valence-electron chi connectivity index (χ0n) is 38.8. The summed E-state index contributed by atoms with van der Waals surface area (Å²) in [4.78, 5) is 12.5. The molecule has 0 saturated heterocycles. The van der Waals surface area contributed by atoms with Crippen molar-refractivity contribution in [2.45, 2.75) is 114 Å². The lowest BCUT2D eigenvalue weighted by atomic mass is 9.45. The smallest absolute Gasteiger partial charge is 0.145 e. The van der Waals surface area contributed by atoms with Gasteiger partial charge in [-0.2, -0.15) is 0 Å². The number of benzene rings is 1. The Kier molecular flexibility index (Phi) is 19.5. The number of methoxy groups -OCH3 is 1. The van der Waals surface area contributed by atoms with Crippen LogP contribution in [0, 0.1) is 35.0 Å². The van der Waals surface area contributed by atoms with E-state index in [0.29, 0.717) is 89.4 Å². The van der Waals surface area contributed by atoms with E-state index in [1.807, 2.05) is 39.1 Å².